The number of hydrogen-bond acceptors (Lipinski definition) is 5. The van der Waals surface area contributed by atoms with Crippen molar-refractivity contribution in [2.45, 2.75) is 4.90 Å². The summed E-state index contributed by atoms with van der Waals surface area (Å²) in [4.78, 5) is 12.5. The van der Waals surface area contributed by atoms with Crippen LogP contribution in [0.4, 0.5) is 11.5 Å². The van der Waals surface area contributed by atoms with Crippen molar-refractivity contribution >= 4 is 32.4 Å². The molecule has 130 valence electrons. The third-order valence-corrected chi connectivity index (χ3v) is 5.08. The van der Waals surface area contributed by atoms with Gasteiger partial charge in [0.2, 0.25) is 0 Å². The van der Waals surface area contributed by atoms with E-state index < -0.39 is 9.84 Å². The number of anilines is 2. The Hall–Kier alpha value is -3.19. The molecule has 0 bridgehead atoms. The van der Waals surface area contributed by atoms with E-state index in [1.165, 1.54) is 6.26 Å². The third kappa shape index (κ3) is 3.16. The first-order valence-electron chi connectivity index (χ1n) is 7.98. The molecule has 0 fully saturated rings. The first kappa shape index (κ1) is 16.3. The Labute approximate surface area is 150 Å². The van der Waals surface area contributed by atoms with Crippen molar-refractivity contribution in [3.05, 3.63) is 66.9 Å². The summed E-state index contributed by atoms with van der Waals surface area (Å²) in [5, 5.41) is 3.17. The molecule has 2 N–H and O–H groups in total. The molecule has 0 spiro atoms. The molecule has 26 heavy (non-hydrogen) atoms. The fraction of sp³-hybridized carbons (Fsp3) is 0.0526. The Bertz CT molecular complexity index is 1180. The molecule has 0 saturated heterocycles. The number of nitrogens with one attached hydrogen (secondary N) is 2. The number of benzene rings is 2. The molecular formula is C19H16N4O2S. The van der Waals surface area contributed by atoms with Crippen molar-refractivity contribution in [3.8, 4) is 11.4 Å². The lowest BCUT2D eigenvalue weighted by Gasteiger charge is -2.07. The van der Waals surface area contributed by atoms with Gasteiger partial charge in [-0.05, 0) is 24.3 Å². The molecule has 0 unspecified atom stereocenters. The highest BCUT2D eigenvalue weighted by Gasteiger charge is 2.12. The van der Waals surface area contributed by atoms with Crippen LogP contribution >= 0.6 is 0 Å². The van der Waals surface area contributed by atoms with Crippen LogP contribution in [-0.4, -0.2) is 29.6 Å². The lowest BCUT2D eigenvalue weighted by Crippen LogP contribution is -1.99. The van der Waals surface area contributed by atoms with Crippen LogP contribution in [0.25, 0.3) is 22.4 Å². The second kappa shape index (κ2) is 6.27. The Morgan fingerprint density at radius 2 is 1.81 bits per heavy atom. The van der Waals surface area contributed by atoms with Crippen LogP contribution < -0.4 is 5.32 Å². The number of aromatic nitrogens is 3. The van der Waals surface area contributed by atoms with E-state index >= 15 is 0 Å². The maximum atomic E-state index is 11.7. The van der Waals surface area contributed by atoms with Gasteiger partial charge in [0.05, 0.1) is 10.4 Å². The molecule has 0 aliphatic carbocycles. The monoisotopic (exact) mass is 364 g/mol. The number of hydrogen-bond donors (Lipinski definition) is 2. The zero-order valence-corrected chi connectivity index (χ0v) is 14.8. The lowest BCUT2D eigenvalue weighted by molar-refractivity contribution is 0.602. The summed E-state index contributed by atoms with van der Waals surface area (Å²) in [7, 11) is -3.27. The molecule has 0 atom stereocenters. The number of imidazole rings is 1. The van der Waals surface area contributed by atoms with Crippen LogP contribution in [0, 0.1) is 0 Å². The largest absolute Gasteiger partial charge is 0.338 e. The second-order valence-electron chi connectivity index (χ2n) is 5.93. The molecule has 2 aromatic heterocycles. The molecule has 0 radical (unpaired) electrons. The SMILES string of the molecule is CS(=O)(=O)c1cccc(Nc2nccc3[nH]c(-c4ccccc4)nc23)c1. The first-order valence-corrected chi connectivity index (χ1v) is 9.87. The minimum Gasteiger partial charge on any atom is -0.338 e. The predicted octanol–water partition coefficient (Wildman–Crippen LogP) is 3.77. The summed E-state index contributed by atoms with van der Waals surface area (Å²) < 4.78 is 23.5. The smallest absolute Gasteiger partial charge is 0.175 e. The van der Waals surface area contributed by atoms with Crippen LogP contribution in [0.2, 0.25) is 0 Å². The van der Waals surface area contributed by atoms with Crippen LogP contribution in [-0.2, 0) is 9.84 Å². The van der Waals surface area contributed by atoms with Gasteiger partial charge in [0.25, 0.3) is 0 Å². The van der Waals surface area contributed by atoms with E-state index in [1.54, 1.807) is 30.5 Å². The summed E-state index contributed by atoms with van der Waals surface area (Å²) in [6.07, 6.45) is 2.86. The van der Waals surface area contributed by atoms with Gasteiger partial charge < -0.3 is 10.3 Å². The van der Waals surface area contributed by atoms with Crippen molar-refractivity contribution in [2.75, 3.05) is 11.6 Å². The van der Waals surface area contributed by atoms with Gasteiger partial charge in [0.15, 0.2) is 15.7 Å². The van der Waals surface area contributed by atoms with E-state index in [0.717, 1.165) is 16.9 Å². The molecule has 0 aliphatic heterocycles. The van der Waals surface area contributed by atoms with Crippen molar-refractivity contribution in [3.63, 3.8) is 0 Å². The van der Waals surface area contributed by atoms with Crippen LogP contribution in [0.15, 0.2) is 71.8 Å². The molecule has 0 aliphatic rings. The maximum Gasteiger partial charge on any atom is 0.175 e. The van der Waals surface area contributed by atoms with Gasteiger partial charge in [-0.3, -0.25) is 0 Å². The van der Waals surface area contributed by atoms with Crippen LogP contribution in [0.1, 0.15) is 0 Å². The van der Waals surface area contributed by atoms with E-state index in [0.29, 0.717) is 17.0 Å². The normalized spacial score (nSPS) is 11.6. The quantitative estimate of drug-likeness (QED) is 0.575. The summed E-state index contributed by atoms with van der Waals surface area (Å²) in [5.74, 6) is 1.31. The van der Waals surface area contributed by atoms with Crippen molar-refractivity contribution in [1.29, 1.82) is 0 Å². The van der Waals surface area contributed by atoms with Gasteiger partial charge in [-0.25, -0.2) is 18.4 Å². The average Bonchev–Trinajstić information content (AvgIpc) is 3.07. The Balaban J connectivity index is 1.75. The number of pyridine rings is 1. The second-order valence-corrected chi connectivity index (χ2v) is 7.95. The van der Waals surface area contributed by atoms with Gasteiger partial charge in [-0.1, -0.05) is 36.4 Å². The third-order valence-electron chi connectivity index (χ3n) is 3.97. The average molecular weight is 364 g/mol. The van der Waals surface area contributed by atoms with Crippen molar-refractivity contribution < 1.29 is 8.42 Å². The molecular weight excluding hydrogens is 348 g/mol. The lowest BCUT2D eigenvalue weighted by atomic mass is 10.2. The van der Waals surface area contributed by atoms with Gasteiger partial charge in [0, 0.05) is 23.7 Å². The van der Waals surface area contributed by atoms with E-state index in [2.05, 4.69) is 20.3 Å². The van der Waals surface area contributed by atoms with E-state index in [-0.39, 0.29) is 4.90 Å². The van der Waals surface area contributed by atoms with Gasteiger partial charge in [-0.2, -0.15) is 0 Å². The maximum absolute atomic E-state index is 11.7. The Morgan fingerprint density at radius 1 is 1.00 bits per heavy atom. The van der Waals surface area contributed by atoms with Gasteiger partial charge in [0.1, 0.15) is 11.3 Å². The fourth-order valence-corrected chi connectivity index (χ4v) is 3.37. The summed E-state index contributed by atoms with van der Waals surface area (Å²) in [6, 6.07) is 18.3. The highest BCUT2D eigenvalue weighted by atomic mass is 32.2. The van der Waals surface area contributed by atoms with Gasteiger partial charge >= 0.3 is 0 Å². The molecule has 0 saturated carbocycles. The summed E-state index contributed by atoms with van der Waals surface area (Å²) >= 11 is 0. The molecule has 4 rings (SSSR count). The predicted molar refractivity (Wildman–Crippen MR) is 102 cm³/mol. The number of nitrogens with zero attached hydrogens (tertiary/aromatic N) is 2. The number of aromatic amines is 1. The number of rotatable bonds is 4. The highest BCUT2D eigenvalue weighted by Crippen LogP contribution is 2.27. The van der Waals surface area contributed by atoms with Crippen LogP contribution in [0.5, 0.6) is 0 Å². The number of H-pyrrole nitrogens is 1. The van der Waals surface area contributed by atoms with Crippen molar-refractivity contribution in [1.82, 2.24) is 15.0 Å². The zero-order valence-electron chi connectivity index (χ0n) is 14.0. The minimum absolute atomic E-state index is 0.252. The van der Waals surface area contributed by atoms with E-state index in [4.69, 9.17) is 0 Å². The highest BCUT2D eigenvalue weighted by molar-refractivity contribution is 7.90. The minimum atomic E-state index is -3.27. The number of sulfone groups is 1. The molecule has 2 aromatic carbocycles. The molecule has 7 heteroatoms. The topological polar surface area (TPSA) is 87.7 Å². The fourth-order valence-electron chi connectivity index (χ4n) is 2.70. The van der Waals surface area contributed by atoms with Crippen LogP contribution in [0.3, 0.4) is 0 Å². The van der Waals surface area contributed by atoms with E-state index in [1.807, 2.05) is 36.4 Å². The Kier molecular flexibility index (Phi) is 3.93. The Morgan fingerprint density at radius 3 is 2.58 bits per heavy atom. The molecule has 0 amide bonds. The summed E-state index contributed by atoms with van der Waals surface area (Å²) in [5.41, 5.74) is 3.16. The van der Waals surface area contributed by atoms with Gasteiger partial charge in [-0.15, -0.1) is 0 Å². The zero-order chi connectivity index (χ0) is 18.1. The van der Waals surface area contributed by atoms with Crippen molar-refractivity contribution in [2.24, 2.45) is 0 Å². The first-order chi connectivity index (χ1) is 12.5. The van der Waals surface area contributed by atoms with E-state index in [9.17, 15) is 8.42 Å². The molecule has 4 aromatic rings. The standard InChI is InChI=1S/C19H16N4O2S/c1-26(24,25)15-9-5-8-14(12-15)21-19-17-16(10-11-20-19)22-18(23-17)13-6-3-2-4-7-13/h2-12H,1H3,(H,20,21)(H,22,23). The molecule has 2 heterocycles. The summed E-state index contributed by atoms with van der Waals surface area (Å²) in [6.45, 7) is 0. The molecule has 6 nitrogen and oxygen atoms in total. The number of fused-ring (bicyclic) bond motifs is 1.